The van der Waals surface area contributed by atoms with Crippen molar-refractivity contribution < 1.29 is 4.42 Å². The molecule has 0 aromatic carbocycles. The molecular formula is C10H14N4O. The topological polar surface area (TPSA) is 55.9 Å². The van der Waals surface area contributed by atoms with Gasteiger partial charge in [-0.1, -0.05) is 6.92 Å². The van der Waals surface area contributed by atoms with Gasteiger partial charge in [-0.2, -0.15) is 0 Å². The van der Waals surface area contributed by atoms with E-state index in [9.17, 15) is 0 Å². The zero-order chi connectivity index (χ0) is 10.8. The lowest BCUT2D eigenvalue weighted by molar-refractivity contribution is 0.517. The van der Waals surface area contributed by atoms with Gasteiger partial charge in [-0.15, -0.1) is 10.2 Å². The molecule has 0 radical (unpaired) electrons. The van der Waals surface area contributed by atoms with Crippen molar-refractivity contribution in [1.82, 2.24) is 14.8 Å². The molecule has 0 fully saturated rings. The van der Waals surface area contributed by atoms with Gasteiger partial charge in [0.05, 0.1) is 11.8 Å². The fourth-order valence-corrected chi connectivity index (χ4v) is 1.60. The molecule has 1 N–H and O–H groups in total. The van der Waals surface area contributed by atoms with E-state index in [4.69, 9.17) is 4.42 Å². The minimum Gasteiger partial charge on any atom is -0.469 e. The number of aromatic nitrogens is 3. The van der Waals surface area contributed by atoms with Crippen LogP contribution in [0.1, 0.15) is 12.7 Å². The summed E-state index contributed by atoms with van der Waals surface area (Å²) in [6.45, 7) is 2.05. The van der Waals surface area contributed by atoms with Gasteiger partial charge in [0.15, 0.2) is 5.82 Å². The zero-order valence-electron chi connectivity index (χ0n) is 9.11. The van der Waals surface area contributed by atoms with E-state index in [-0.39, 0.29) is 0 Å². The fourth-order valence-electron chi connectivity index (χ4n) is 1.60. The molecule has 0 unspecified atom stereocenters. The number of hydrogen-bond acceptors (Lipinski definition) is 4. The minimum absolute atomic E-state index is 0.744. The van der Waals surface area contributed by atoms with Crippen LogP contribution in [-0.4, -0.2) is 21.8 Å². The monoisotopic (exact) mass is 206 g/mol. The van der Waals surface area contributed by atoms with Gasteiger partial charge in [-0.05, 0) is 6.07 Å². The second kappa shape index (κ2) is 3.76. The summed E-state index contributed by atoms with van der Waals surface area (Å²) < 4.78 is 7.27. The van der Waals surface area contributed by atoms with Gasteiger partial charge in [-0.3, -0.25) is 4.57 Å². The Labute approximate surface area is 88.1 Å². The Morgan fingerprint density at radius 1 is 1.47 bits per heavy atom. The number of nitrogens with one attached hydrogen (secondary N) is 1. The summed E-state index contributed by atoms with van der Waals surface area (Å²) in [5, 5.41) is 11.1. The Balaban J connectivity index is 2.49. The van der Waals surface area contributed by atoms with Crippen LogP contribution in [0.15, 0.2) is 16.7 Å². The lowest BCUT2D eigenvalue weighted by atomic mass is 10.2. The molecule has 0 amide bonds. The molecule has 2 heterocycles. The molecule has 0 bridgehead atoms. The SMILES string of the molecule is CCc1occc1-c1nnc(NC)n1C. The predicted molar refractivity (Wildman–Crippen MR) is 57.6 cm³/mol. The highest BCUT2D eigenvalue weighted by Gasteiger charge is 2.14. The molecule has 0 atom stereocenters. The summed E-state index contributed by atoms with van der Waals surface area (Å²) in [6.07, 6.45) is 2.53. The van der Waals surface area contributed by atoms with E-state index in [1.807, 2.05) is 24.7 Å². The van der Waals surface area contributed by atoms with E-state index < -0.39 is 0 Å². The van der Waals surface area contributed by atoms with Crippen molar-refractivity contribution in [3.63, 3.8) is 0 Å². The Kier molecular flexibility index (Phi) is 2.45. The molecule has 5 heteroatoms. The van der Waals surface area contributed by atoms with Gasteiger partial charge in [-0.25, -0.2) is 0 Å². The van der Waals surface area contributed by atoms with Crippen molar-refractivity contribution in [2.45, 2.75) is 13.3 Å². The van der Waals surface area contributed by atoms with E-state index in [0.717, 1.165) is 29.5 Å². The molecule has 2 rings (SSSR count). The summed E-state index contributed by atoms with van der Waals surface area (Å²) in [5.74, 6) is 2.51. The van der Waals surface area contributed by atoms with Crippen molar-refractivity contribution in [1.29, 1.82) is 0 Å². The molecule has 0 spiro atoms. The van der Waals surface area contributed by atoms with E-state index in [1.165, 1.54) is 0 Å². The quantitative estimate of drug-likeness (QED) is 0.830. The first-order valence-electron chi connectivity index (χ1n) is 4.91. The molecule has 0 saturated heterocycles. The average molecular weight is 206 g/mol. The van der Waals surface area contributed by atoms with E-state index in [1.54, 1.807) is 6.26 Å². The second-order valence-corrected chi connectivity index (χ2v) is 3.27. The number of anilines is 1. The molecule has 2 aromatic rings. The molecule has 15 heavy (non-hydrogen) atoms. The summed E-state index contributed by atoms with van der Waals surface area (Å²) in [4.78, 5) is 0. The number of rotatable bonds is 3. The third kappa shape index (κ3) is 1.49. The smallest absolute Gasteiger partial charge is 0.224 e. The van der Waals surface area contributed by atoms with Crippen LogP contribution in [0.5, 0.6) is 0 Å². The van der Waals surface area contributed by atoms with Gasteiger partial charge in [0.1, 0.15) is 5.76 Å². The standard InChI is InChI=1S/C10H14N4O/c1-4-8-7(5-6-15-8)9-12-13-10(11-2)14(9)3/h5-6H,4H2,1-3H3,(H,11,13). The van der Waals surface area contributed by atoms with E-state index in [2.05, 4.69) is 22.4 Å². The number of nitrogens with zero attached hydrogens (tertiary/aromatic N) is 3. The Morgan fingerprint density at radius 3 is 2.87 bits per heavy atom. The number of furan rings is 1. The van der Waals surface area contributed by atoms with Crippen LogP contribution >= 0.6 is 0 Å². The highest BCUT2D eigenvalue weighted by molar-refractivity contribution is 5.59. The summed E-state index contributed by atoms with van der Waals surface area (Å²) in [7, 11) is 3.75. The highest BCUT2D eigenvalue weighted by atomic mass is 16.3. The van der Waals surface area contributed by atoms with Gasteiger partial charge >= 0.3 is 0 Å². The fraction of sp³-hybridized carbons (Fsp3) is 0.400. The molecule has 80 valence electrons. The maximum absolute atomic E-state index is 5.36. The van der Waals surface area contributed by atoms with Gasteiger partial charge in [0.2, 0.25) is 5.95 Å². The van der Waals surface area contributed by atoms with E-state index in [0.29, 0.717) is 0 Å². The van der Waals surface area contributed by atoms with Gasteiger partial charge in [0, 0.05) is 20.5 Å². The first-order valence-corrected chi connectivity index (χ1v) is 4.91. The Bertz CT molecular complexity index is 458. The van der Waals surface area contributed by atoms with Crippen LogP contribution in [0, 0.1) is 0 Å². The van der Waals surface area contributed by atoms with Crippen LogP contribution in [0.2, 0.25) is 0 Å². The summed E-state index contributed by atoms with van der Waals surface area (Å²) in [5.41, 5.74) is 1.01. The van der Waals surface area contributed by atoms with Crippen molar-refractivity contribution in [3.8, 4) is 11.4 Å². The average Bonchev–Trinajstić information content (AvgIpc) is 2.83. The maximum atomic E-state index is 5.36. The van der Waals surface area contributed by atoms with Crippen molar-refractivity contribution >= 4 is 5.95 Å². The predicted octanol–water partition coefficient (Wildman–Crippen LogP) is 1.68. The molecule has 0 aliphatic carbocycles. The summed E-state index contributed by atoms with van der Waals surface area (Å²) in [6, 6.07) is 1.92. The Morgan fingerprint density at radius 2 is 2.27 bits per heavy atom. The highest BCUT2D eigenvalue weighted by Crippen LogP contribution is 2.24. The second-order valence-electron chi connectivity index (χ2n) is 3.27. The molecule has 0 saturated carbocycles. The van der Waals surface area contributed by atoms with Crippen molar-refractivity contribution in [2.75, 3.05) is 12.4 Å². The van der Waals surface area contributed by atoms with Gasteiger partial charge < -0.3 is 9.73 Å². The number of aryl methyl sites for hydroxylation is 1. The van der Waals surface area contributed by atoms with E-state index >= 15 is 0 Å². The lowest BCUT2D eigenvalue weighted by Crippen LogP contribution is -2.00. The number of hydrogen-bond donors (Lipinski definition) is 1. The minimum atomic E-state index is 0.744. The molecule has 5 nitrogen and oxygen atoms in total. The Hall–Kier alpha value is -1.78. The maximum Gasteiger partial charge on any atom is 0.224 e. The normalized spacial score (nSPS) is 10.6. The molecular weight excluding hydrogens is 192 g/mol. The molecule has 0 aliphatic heterocycles. The van der Waals surface area contributed by atoms with Crippen LogP contribution in [-0.2, 0) is 13.5 Å². The molecule has 2 aromatic heterocycles. The first kappa shape index (κ1) is 9.76. The molecule has 0 aliphatic rings. The largest absolute Gasteiger partial charge is 0.469 e. The lowest BCUT2D eigenvalue weighted by Gasteiger charge is -2.02. The zero-order valence-corrected chi connectivity index (χ0v) is 9.11. The van der Waals surface area contributed by atoms with Crippen LogP contribution < -0.4 is 5.32 Å². The van der Waals surface area contributed by atoms with Crippen LogP contribution in [0.4, 0.5) is 5.95 Å². The third-order valence-electron chi connectivity index (χ3n) is 2.41. The van der Waals surface area contributed by atoms with Crippen LogP contribution in [0.3, 0.4) is 0 Å². The van der Waals surface area contributed by atoms with Crippen molar-refractivity contribution in [2.24, 2.45) is 7.05 Å². The van der Waals surface area contributed by atoms with Crippen LogP contribution in [0.25, 0.3) is 11.4 Å². The first-order chi connectivity index (χ1) is 7.27. The van der Waals surface area contributed by atoms with Gasteiger partial charge in [0.25, 0.3) is 0 Å². The van der Waals surface area contributed by atoms with Crippen molar-refractivity contribution in [3.05, 3.63) is 18.1 Å². The third-order valence-corrected chi connectivity index (χ3v) is 2.41. The summed E-state index contributed by atoms with van der Waals surface area (Å²) >= 11 is 0.